The molecule has 4 heterocycles. The number of aromatic nitrogens is 3. The van der Waals surface area contributed by atoms with Gasteiger partial charge in [-0.1, -0.05) is 5.57 Å². The van der Waals surface area contributed by atoms with Crippen LogP contribution in [0.5, 0.6) is 0 Å². The fourth-order valence-corrected chi connectivity index (χ4v) is 3.24. The molecular formula is C19H19N5O3. The minimum absolute atomic E-state index is 0.0599. The van der Waals surface area contributed by atoms with E-state index in [4.69, 9.17) is 4.42 Å². The molecule has 0 atom stereocenters. The molecule has 3 aromatic heterocycles. The van der Waals surface area contributed by atoms with Gasteiger partial charge in [0.1, 0.15) is 5.69 Å². The van der Waals surface area contributed by atoms with Gasteiger partial charge in [-0.25, -0.2) is 4.98 Å². The van der Waals surface area contributed by atoms with E-state index >= 15 is 0 Å². The predicted molar refractivity (Wildman–Crippen MR) is 101 cm³/mol. The molecule has 0 amide bonds. The molecule has 0 saturated carbocycles. The lowest BCUT2D eigenvalue weighted by Crippen LogP contribution is -2.32. The normalized spacial score (nSPS) is 14.4. The van der Waals surface area contributed by atoms with Crippen LogP contribution in [0.25, 0.3) is 17.5 Å². The van der Waals surface area contributed by atoms with Crippen molar-refractivity contribution in [3.8, 4) is 11.5 Å². The zero-order valence-corrected chi connectivity index (χ0v) is 14.9. The van der Waals surface area contributed by atoms with E-state index in [2.05, 4.69) is 21.3 Å². The summed E-state index contributed by atoms with van der Waals surface area (Å²) in [6, 6.07) is 8.85. The van der Waals surface area contributed by atoms with Gasteiger partial charge in [0.2, 0.25) is 5.82 Å². The highest BCUT2D eigenvalue weighted by atomic mass is 16.6. The molecule has 1 aliphatic heterocycles. The Morgan fingerprint density at radius 3 is 2.81 bits per heavy atom. The van der Waals surface area contributed by atoms with Crippen molar-refractivity contribution in [3.05, 3.63) is 63.7 Å². The van der Waals surface area contributed by atoms with Crippen LogP contribution < -0.4 is 4.90 Å². The lowest BCUT2D eigenvalue weighted by atomic mass is 10.0. The van der Waals surface area contributed by atoms with Gasteiger partial charge in [0, 0.05) is 24.8 Å². The summed E-state index contributed by atoms with van der Waals surface area (Å²) in [5, 5.41) is 18.6. The lowest BCUT2D eigenvalue weighted by molar-refractivity contribution is -0.384. The van der Waals surface area contributed by atoms with Crippen molar-refractivity contribution in [2.75, 3.05) is 18.0 Å². The van der Waals surface area contributed by atoms with Crippen LogP contribution in [0.3, 0.4) is 0 Å². The predicted octanol–water partition coefficient (Wildman–Crippen LogP) is 3.97. The van der Waals surface area contributed by atoms with Gasteiger partial charge < -0.3 is 9.32 Å². The Balaban J connectivity index is 1.47. The van der Waals surface area contributed by atoms with Crippen molar-refractivity contribution < 1.29 is 9.34 Å². The number of hydrogen-bond acceptors (Lipinski definition) is 6. The van der Waals surface area contributed by atoms with Gasteiger partial charge in [0.15, 0.2) is 5.76 Å². The summed E-state index contributed by atoms with van der Waals surface area (Å²) in [6.07, 6.45) is 5.36. The number of nitro groups is 1. The van der Waals surface area contributed by atoms with Gasteiger partial charge in [-0.15, -0.1) is 0 Å². The molecule has 8 heteroatoms. The molecule has 0 aromatic carbocycles. The Kier molecular flexibility index (Phi) is 4.45. The highest BCUT2D eigenvalue weighted by molar-refractivity contribution is 5.61. The van der Waals surface area contributed by atoms with Crippen LogP contribution >= 0.6 is 0 Å². The van der Waals surface area contributed by atoms with Crippen LogP contribution in [0.1, 0.15) is 24.2 Å². The van der Waals surface area contributed by atoms with E-state index < -0.39 is 0 Å². The van der Waals surface area contributed by atoms with E-state index in [9.17, 15) is 10.1 Å². The highest BCUT2D eigenvalue weighted by Gasteiger charge is 2.24. The number of piperidine rings is 1. The maximum atomic E-state index is 11.3. The molecule has 0 aliphatic carbocycles. The molecule has 8 nitrogen and oxygen atoms in total. The fraction of sp³-hybridized carbons (Fsp3) is 0.263. The molecule has 27 heavy (non-hydrogen) atoms. The zero-order valence-electron chi connectivity index (χ0n) is 14.9. The van der Waals surface area contributed by atoms with E-state index in [0.29, 0.717) is 18.9 Å². The number of pyridine rings is 1. The van der Waals surface area contributed by atoms with Gasteiger partial charge in [0.25, 0.3) is 0 Å². The minimum atomic E-state index is -0.367. The number of anilines is 1. The van der Waals surface area contributed by atoms with Gasteiger partial charge in [-0.3, -0.25) is 15.2 Å². The van der Waals surface area contributed by atoms with Gasteiger partial charge >= 0.3 is 5.69 Å². The largest absolute Gasteiger partial charge is 0.463 e. The molecule has 4 rings (SSSR count). The van der Waals surface area contributed by atoms with E-state index in [1.54, 1.807) is 12.3 Å². The molecular weight excluding hydrogens is 346 g/mol. The maximum Gasteiger partial charge on any atom is 0.311 e. The van der Waals surface area contributed by atoms with Gasteiger partial charge in [-0.2, -0.15) is 5.10 Å². The first-order chi connectivity index (χ1) is 13.1. The number of nitrogens with zero attached hydrogens (tertiary/aromatic N) is 4. The van der Waals surface area contributed by atoms with Crippen LogP contribution in [0, 0.1) is 17.0 Å². The Bertz CT molecular complexity index is 981. The number of aryl methyl sites for hydroxylation is 1. The molecule has 0 unspecified atom stereocenters. The second-order valence-electron chi connectivity index (χ2n) is 6.53. The topological polar surface area (TPSA) is 101 Å². The van der Waals surface area contributed by atoms with Crippen LogP contribution in [0.4, 0.5) is 11.5 Å². The molecule has 1 aliphatic rings. The third kappa shape index (κ3) is 3.59. The SMILES string of the molecule is Cc1ccc([N+](=O)[O-])c(N2CCC(=Cc3cc(-c4ccco4)n[nH]3)CC2)n1. The molecule has 0 bridgehead atoms. The minimum Gasteiger partial charge on any atom is -0.463 e. The molecule has 3 aromatic rings. The lowest BCUT2D eigenvalue weighted by Gasteiger charge is -2.29. The van der Waals surface area contributed by atoms with Gasteiger partial charge in [-0.05, 0) is 50.1 Å². The van der Waals surface area contributed by atoms with Crippen molar-refractivity contribution in [1.82, 2.24) is 15.2 Å². The molecule has 1 saturated heterocycles. The zero-order chi connectivity index (χ0) is 18.8. The summed E-state index contributed by atoms with van der Waals surface area (Å²) >= 11 is 0. The van der Waals surface area contributed by atoms with E-state index in [-0.39, 0.29) is 10.6 Å². The van der Waals surface area contributed by atoms with Crippen LogP contribution in [0.2, 0.25) is 0 Å². The smallest absolute Gasteiger partial charge is 0.311 e. The Labute approximate surface area is 155 Å². The summed E-state index contributed by atoms with van der Waals surface area (Å²) in [5.74, 6) is 1.18. The van der Waals surface area contributed by atoms with Crippen LogP contribution in [-0.2, 0) is 0 Å². The number of nitrogens with one attached hydrogen (secondary N) is 1. The highest BCUT2D eigenvalue weighted by Crippen LogP contribution is 2.30. The first kappa shape index (κ1) is 17.0. The number of H-pyrrole nitrogens is 1. The van der Waals surface area contributed by atoms with Crippen molar-refractivity contribution >= 4 is 17.6 Å². The summed E-state index contributed by atoms with van der Waals surface area (Å²) in [5.41, 5.74) is 3.80. The van der Waals surface area contributed by atoms with E-state index in [1.165, 1.54) is 11.6 Å². The van der Waals surface area contributed by atoms with Crippen molar-refractivity contribution in [1.29, 1.82) is 0 Å². The first-order valence-electron chi connectivity index (χ1n) is 8.76. The Morgan fingerprint density at radius 2 is 2.11 bits per heavy atom. The van der Waals surface area contributed by atoms with Crippen molar-refractivity contribution in [2.45, 2.75) is 19.8 Å². The number of furan rings is 1. The maximum absolute atomic E-state index is 11.3. The van der Waals surface area contributed by atoms with Crippen LogP contribution in [0.15, 0.2) is 46.6 Å². The molecule has 138 valence electrons. The summed E-state index contributed by atoms with van der Waals surface area (Å²) in [4.78, 5) is 17.3. The number of rotatable bonds is 4. The van der Waals surface area contributed by atoms with Gasteiger partial charge in [0.05, 0.1) is 16.9 Å². The van der Waals surface area contributed by atoms with E-state index in [1.807, 2.05) is 30.0 Å². The summed E-state index contributed by atoms with van der Waals surface area (Å²) < 4.78 is 5.35. The fourth-order valence-electron chi connectivity index (χ4n) is 3.24. The second-order valence-corrected chi connectivity index (χ2v) is 6.53. The van der Waals surface area contributed by atoms with Crippen molar-refractivity contribution in [3.63, 3.8) is 0 Å². The Hall–Kier alpha value is -3.42. The molecule has 1 N–H and O–H groups in total. The van der Waals surface area contributed by atoms with Crippen LogP contribution in [-0.4, -0.2) is 33.2 Å². The first-order valence-corrected chi connectivity index (χ1v) is 8.76. The molecule has 1 fully saturated rings. The summed E-state index contributed by atoms with van der Waals surface area (Å²) in [7, 11) is 0. The number of hydrogen-bond donors (Lipinski definition) is 1. The molecule has 0 spiro atoms. The Morgan fingerprint density at radius 1 is 1.30 bits per heavy atom. The van der Waals surface area contributed by atoms with Crippen molar-refractivity contribution in [2.24, 2.45) is 0 Å². The quantitative estimate of drug-likeness (QED) is 0.554. The standard InChI is InChI=1S/C19H19N5O3/c1-13-4-5-17(24(25)26)19(20-13)23-8-6-14(7-9-23)11-15-12-16(22-21-15)18-3-2-10-27-18/h2-5,10-12H,6-9H2,1H3,(H,21,22). The average Bonchev–Trinajstić information content (AvgIpc) is 3.33. The number of aromatic amines is 1. The third-order valence-corrected chi connectivity index (χ3v) is 4.63. The molecule has 0 radical (unpaired) electrons. The average molecular weight is 365 g/mol. The second kappa shape index (κ2) is 7.06. The summed E-state index contributed by atoms with van der Waals surface area (Å²) in [6.45, 7) is 3.24. The third-order valence-electron chi connectivity index (χ3n) is 4.63. The monoisotopic (exact) mass is 365 g/mol. The van der Waals surface area contributed by atoms with E-state index in [0.717, 1.165) is 35.7 Å².